The number of benzene rings is 1. The van der Waals surface area contributed by atoms with Crippen LogP contribution in [0.5, 0.6) is 0 Å². The summed E-state index contributed by atoms with van der Waals surface area (Å²) >= 11 is 0. The molecule has 0 aliphatic carbocycles. The van der Waals surface area contributed by atoms with E-state index in [1.165, 1.54) is 0 Å². The van der Waals surface area contributed by atoms with Crippen molar-refractivity contribution in [2.24, 2.45) is 0 Å². The van der Waals surface area contributed by atoms with Crippen LogP contribution in [-0.4, -0.2) is 38.6 Å². The molecular weight excluding hydrogens is 214 g/mol. The first-order valence-electron chi connectivity index (χ1n) is 6.03. The lowest BCUT2D eigenvalue weighted by Crippen LogP contribution is -2.54. The monoisotopic (exact) mass is 233 g/mol. The van der Waals surface area contributed by atoms with Crippen molar-refractivity contribution in [2.45, 2.75) is 12.5 Å². The van der Waals surface area contributed by atoms with Gasteiger partial charge in [-0.15, -0.1) is 0 Å². The summed E-state index contributed by atoms with van der Waals surface area (Å²) < 4.78 is 0. The zero-order valence-electron chi connectivity index (χ0n) is 10.1. The fourth-order valence-corrected chi connectivity index (χ4v) is 2.14. The van der Waals surface area contributed by atoms with E-state index >= 15 is 0 Å². The molecular formula is C13H19N3O. The fraction of sp³-hybridized carbons (Fsp3) is 0.462. The highest BCUT2D eigenvalue weighted by molar-refractivity contribution is 5.83. The molecule has 1 heterocycles. The molecule has 4 heteroatoms. The van der Waals surface area contributed by atoms with Crippen molar-refractivity contribution in [3.8, 4) is 0 Å². The summed E-state index contributed by atoms with van der Waals surface area (Å²) in [6.45, 7) is 2.27. The summed E-state index contributed by atoms with van der Waals surface area (Å²) in [5.41, 5.74) is 1.12. The Bertz CT molecular complexity index is 366. The molecule has 0 radical (unpaired) electrons. The van der Waals surface area contributed by atoms with Gasteiger partial charge in [-0.05, 0) is 32.1 Å². The van der Waals surface area contributed by atoms with E-state index < -0.39 is 0 Å². The first kappa shape index (κ1) is 11.9. The van der Waals surface area contributed by atoms with Gasteiger partial charge in [-0.25, -0.2) is 0 Å². The molecule has 0 bridgehead atoms. The number of carbonyl (C=O) groups is 1. The van der Waals surface area contributed by atoms with E-state index in [4.69, 9.17) is 0 Å². The lowest BCUT2D eigenvalue weighted by atomic mass is 10.1. The average molecular weight is 233 g/mol. The van der Waals surface area contributed by atoms with Crippen LogP contribution < -0.4 is 15.5 Å². The summed E-state index contributed by atoms with van der Waals surface area (Å²) in [5, 5.41) is 6.14. The lowest BCUT2D eigenvalue weighted by molar-refractivity contribution is -0.121. The number of nitrogens with zero attached hydrogens (tertiary/aromatic N) is 1. The summed E-state index contributed by atoms with van der Waals surface area (Å²) in [6, 6.07) is 10.3. The molecule has 1 aliphatic rings. The third-order valence-corrected chi connectivity index (χ3v) is 3.00. The van der Waals surface area contributed by atoms with E-state index in [0.29, 0.717) is 6.54 Å². The normalized spacial score (nSPS) is 20.2. The molecule has 1 aliphatic heterocycles. The van der Waals surface area contributed by atoms with Crippen LogP contribution in [-0.2, 0) is 4.79 Å². The van der Waals surface area contributed by atoms with Gasteiger partial charge in [0.1, 0.15) is 0 Å². The maximum Gasteiger partial charge on any atom is 0.239 e. The van der Waals surface area contributed by atoms with E-state index in [0.717, 1.165) is 25.2 Å². The van der Waals surface area contributed by atoms with Crippen molar-refractivity contribution in [3.63, 3.8) is 0 Å². The van der Waals surface area contributed by atoms with Gasteiger partial charge < -0.3 is 15.5 Å². The van der Waals surface area contributed by atoms with Gasteiger partial charge in [0.2, 0.25) is 5.91 Å². The molecule has 2 N–H and O–H groups in total. The third-order valence-electron chi connectivity index (χ3n) is 3.00. The van der Waals surface area contributed by atoms with Crippen molar-refractivity contribution in [2.75, 3.05) is 31.6 Å². The smallest absolute Gasteiger partial charge is 0.239 e. The van der Waals surface area contributed by atoms with Crippen LogP contribution in [0, 0.1) is 0 Å². The predicted octanol–water partition coefficient (Wildman–Crippen LogP) is 0.601. The summed E-state index contributed by atoms with van der Waals surface area (Å²) in [7, 11) is 1.93. The first-order valence-corrected chi connectivity index (χ1v) is 6.03. The number of anilines is 1. The number of hydrogen-bond acceptors (Lipinski definition) is 3. The molecule has 2 rings (SSSR count). The number of para-hydroxylation sites is 1. The second kappa shape index (κ2) is 5.68. The van der Waals surface area contributed by atoms with Crippen LogP contribution in [0.15, 0.2) is 30.3 Å². The van der Waals surface area contributed by atoms with Crippen LogP contribution in [0.2, 0.25) is 0 Å². The highest BCUT2D eigenvalue weighted by atomic mass is 16.2. The summed E-state index contributed by atoms with van der Waals surface area (Å²) in [5.74, 6) is 0.112. The third kappa shape index (κ3) is 3.20. The molecule has 0 aromatic heterocycles. The van der Waals surface area contributed by atoms with Crippen LogP contribution in [0.4, 0.5) is 5.69 Å². The molecule has 0 saturated carbocycles. The van der Waals surface area contributed by atoms with Crippen molar-refractivity contribution >= 4 is 11.6 Å². The number of piperazine rings is 1. The first-order chi connectivity index (χ1) is 8.29. The Labute approximate surface area is 102 Å². The fourth-order valence-electron chi connectivity index (χ4n) is 2.14. The summed E-state index contributed by atoms with van der Waals surface area (Å²) in [4.78, 5) is 13.8. The van der Waals surface area contributed by atoms with Crippen molar-refractivity contribution < 1.29 is 4.79 Å². The van der Waals surface area contributed by atoms with Crippen LogP contribution >= 0.6 is 0 Å². The molecule has 1 fully saturated rings. The van der Waals surface area contributed by atoms with Gasteiger partial charge >= 0.3 is 0 Å². The van der Waals surface area contributed by atoms with Crippen LogP contribution in [0.25, 0.3) is 0 Å². The van der Waals surface area contributed by atoms with Gasteiger partial charge in [0, 0.05) is 18.3 Å². The minimum Gasteiger partial charge on any atom is -0.360 e. The van der Waals surface area contributed by atoms with E-state index in [-0.39, 0.29) is 11.9 Å². The molecule has 4 nitrogen and oxygen atoms in total. The van der Waals surface area contributed by atoms with E-state index in [9.17, 15) is 4.79 Å². The molecule has 0 spiro atoms. The van der Waals surface area contributed by atoms with Gasteiger partial charge in [-0.1, -0.05) is 18.2 Å². The van der Waals surface area contributed by atoms with Crippen LogP contribution in [0.3, 0.4) is 0 Å². The molecule has 1 saturated heterocycles. The molecule has 1 atom stereocenters. The Morgan fingerprint density at radius 3 is 2.88 bits per heavy atom. The number of amides is 1. The molecule has 1 aromatic rings. The standard InChI is InChI=1S/C13H19N3O/c1-14-8-7-11-9-16(10-13(17)15-11)12-5-3-2-4-6-12/h2-6,11,14H,7-10H2,1H3,(H,15,17). The molecule has 92 valence electrons. The second-order valence-corrected chi connectivity index (χ2v) is 4.37. The van der Waals surface area contributed by atoms with Gasteiger partial charge in [0.15, 0.2) is 0 Å². The minimum absolute atomic E-state index is 0.112. The zero-order chi connectivity index (χ0) is 12.1. The Hall–Kier alpha value is -1.55. The summed E-state index contributed by atoms with van der Waals surface area (Å²) in [6.07, 6.45) is 0.964. The SMILES string of the molecule is CNCCC1CN(c2ccccc2)CC(=O)N1. The van der Waals surface area contributed by atoms with Crippen molar-refractivity contribution in [1.82, 2.24) is 10.6 Å². The topological polar surface area (TPSA) is 44.4 Å². The Balaban J connectivity index is 2.01. The Kier molecular flexibility index (Phi) is 3.98. The highest BCUT2D eigenvalue weighted by Crippen LogP contribution is 2.16. The van der Waals surface area contributed by atoms with Crippen molar-refractivity contribution in [1.29, 1.82) is 0 Å². The van der Waals surface area contributed by atoms with Gasteiger partial charge in [-0.2, -0.15) is 0 Å². The number of hydrogen-bond donors (Lipinski definition) is 2. The minimum atomic E-state index is 0.112. The molecule has 17 heavy (non-hydrogen) atoms. The van der Waals surface area contributed by atoms with E-state index in [2.05, 4.69) is 15.5 Å². The molecule has 1 unspecified atom stereocenters. The molecule has 1 amide bonds. The maximum absolute atomic E-state index is 11.6. The van der Waals surface area contributed by atoms with Crippen LogP contribution in [0.1, 0.15) is 6.42 Å². The number of nitrogens with one attached hydrogen (secondary N) is 2. The Morgan fingerprint density at radius 1 is 1.41 bits per heavy atom. The number of rotatable bonds is 4. The molecule has 1 aromatic carbocycles. The van der Waals surface area contributed by atoms with Gasteiger partial charge in [0.05, 0.1) is 6.54 Å². The lowest BCUT2D eigenvalue weighted by Gasteiger charge is -2.34. The predicted molar refractivity (Wildman–Crippen MR) is 69.1 cm³/mol. The van der Waals surface area contributed by atoms with Crippen molar-refractivity contribution in [3.05, 3.63) is 30.3 Å². The van der Waals surface area contributed by atoms with Gasteiger partial charge in [0.25, 0.3) is 0 Å². The van der Waals surface area contributed by atoms with E-state index in [1.54, 1.807) is 0 Å². The maximum atomic E-state index is 11.6. The largest absolute Gasteiger partial charge is 0.360 e. The quantitative estimate of drug-likeness (QED) is 0.800. The zero-order valence-corrected chi connectivity index (χ0v) is 10.1. The average Bonchev–Trinajstić information content (AvgIpc) is 2.37. The number of carbonyl (C=O) groups excluding carboxylic acids is 1. The Morgan fingerprint density at radius 2 is 2.18 bits per heavy atom. The second-order valence-electron chi connectivity index (χ2n) is 4.37. The highest BCUT2D eigenvalue weighted by Gasteiger charge is 2.23. The van der Waals surface area contributed by atoms with E-state index in [1.807, 2.05) is 37.4 Å². The van der Waals surface area contributed by atoms with Gasteiger partial charge in [-0.3, -0.25) is 4.79 Å².